The fourth-order valence-electron chi connectivity index (χ4n) is 1.52. The lowest BCUT2D eigenvalue weighted by Crippen LogP contribution is -2.17. The van der Waals surface area contributed by atoms with Gasteiger partial charge >= 0.3 is 0 Å². The van der Waals surface area contributed by atoms with Crippen molar-refractivity contribution in [2.45, 2.75) is 26.8 Å². The number of hydrogen-bond acceptors (Lipinski definition) is 4. The molecule has 2 heterocycles. The minimum atomic E-state index is 0.867. The van der Waals surface area contributed by atoms with Crippen LogP contribution in [-0.2, 0) is 13.0 Å². The standard InChI is InChI=1S/C11H16N4S/c1-8-10(6-13-15-8)5-12-4-3-11-7-16-9(2)14-11/h6-7,12H,3-5H2,1-2H3,(H,13,15). The van der Waals surface area contributed by atoms with E-state index in [1.54, 1.807) is 11.3 Å². The van der Waals surface area contributed by atoms with E-state index in [0.29, 0.717) is 0 Å². The Hall–Kier alpha value is -1.20. The van der Waals surface area contributed by atoms with Crippen LogP contribution in [-0.4, -0.2) is 21.7 Å². The molecule has 16 heavy (non-hydrogen) atoms. The van der Waals surface area contributed by atoms with Gasteiger partial charge in [0.1, 0.15) is 0 Å². The minimum Gasteiger partial charge on any atom is -0.312 e. The Morgan fingerprint density at radius 3 is 2.94 bits per heavy atom. The van der Waals surface area contributed by atoms with Gasteiger partial charge in [0.2, 0.25) is 0 Å². The molecule has 4 nitrogen and oxygen atoms in total. The van der Waals surface area contributed by atoms with Crippen LogP contribution >= 0.6 is 11.3 Å². The Morgan fingerprint density at radius 1 is 1.44 bits per heavy atom. The molecule has 0 amide bonds. The summed E-state index contributed by atoms with van der Waals surface area (Å²) in [6.07, 6.45) is 2.86. The first kappa shape index (κ1) is 11.3. The number of rotatable bonds is 5. The molecule has 0 radical (unpaired) electrons. The number of nitrogens with one attached hydrogen (secondary N) is 2. The lowest BCUT2D eigenvalue weighted by molar-refractivity contribution is 0.679. The van der Waals surface area contributed by atoms with Crippen LogP contribution in [0.25, 0.3) is 0 Å². The highest BCUT2D eigenvalue weighted by atomic mass is 32.1. The third kappa shape index (κ3) is 2.90. The second-order valence-electron chi connectivity index (χ2n) is 3.80. The maximum absolute atomic E-state index is 4.42. The van der Waals surface area contributed by atoms with Crippen LogP contribution in [0.3, 0.4) is 0 Å². The van der Waals surface area contributed by atoms with Crippen LogP contribution in [0.4, 0.5) is 0 Å². The molecule has 2 aromatic heterocycles. The molecule has 0 unspecified atom stereocenters. The minimum absolute atomic E-state index is 0.867. The number of nitrogens with zero attached hydrogens (tertiary/aromatic N) is 2. The molecule has 0 aliphatic carbocycles. The summed E-state index contributed by atoms with van der Waals surface area (Å²) in [4.78, 5) is 4.42. The number of aryl methyl sites for hydroxylation is 2. The Kier molecular flexibility index (Phi) is 3.69. The lowest BCUT2D eigenvalue weighted by Gasteiger charge is -2.02. The average Bonchev–Trinajstić information content (AvgIpc) is 2.83. The molecule has 2 rings (SSSR count). The number of aromatic nitrogens is 3. The van der Waals surface area contributed by atoms with E-state index in [4.69, 9.17) is 0 Å². The summed E-state index contributed by atoms with van der Waals surface area (Å²) in [5.41, 5.74) is 3.55. The molecule has 0 aromatic carbocycles. The molecule has 0 saturated heterocycles. The van der Waals surface area contributed by atoms with Gasteiger partial charge < -0.3 is 5.32 Å². The van der Waals surface area contributed by atoms with E-state index in [-0.39, 0.29) is 0 Å². The summed E-state index contributed by atoms with van der Waals surface area (Å²) in [6.45, 7) is 5.89. The van der Waals surface area contributed by atoms with Gasteiger partial charge in [-0.15, -0.1) is 11.3 Å². The van der Waals surface area contributed by atoms with Crippen LogP contribution in [0.5, 0.6) is 0 Å². The molecule has 0 atom stereocenters. The van der Waals surface area contributed by atoms with Gasteiger partial charge in [-0.05, 0) is 13.8 Å². The van der Waals surface area contributed by atoms with Crippen molar-refractivity contribution in [3.63, 3.8) is 0 Å². The van der Waals surface area contributed by atoms with Gasteiger partial charge in [-0.3, -0.25) is 5.10 Å². The molecular weight excluding hydrogens is 220 g/mol. The van der Waals surface area contributed by atoms with Gasteiger partial charge in [0.25, 0.3) is 0 Å². The van der Waals surface area contributed by atoms with E-state index in [2.05, 4.69) is 25.9 Å². The molecule has 0 spiro atoms. The zero-order valence-corrected chi connectivity index (χ0v) is 10.4. The topological polar surface area (TPSA) is 53.6 Å². The van der Waals surface area contributed by atoms with Crippen molar-refractivity contribution in [2.24, 2.45) is 0 Å². The summed E-state index contributed by atoms with van der Waals surface area (Å²) in [6, 6.07) is 0. The third-order valence-corrected chi connectivity index (χ3v) is 3.30. The van der Waals surface area contributed by atoms with Crippen LogP contribution in [0, 0.1) is 13.8 Å². The van der Waals surface area contributed by atoms with Crippen molar-refractivity contribution in [2.75, 3.05) is 6.54 Å². The highest BCUT2D eigenvalue weighted by Gasteiger charge is 2.00. The molecule has 86 valence electrons. The van der Waals surface area contributed by atoms with Crippen molar-refractivity contribution in [3.05, 3.63) is 33.5 Å². The van der Waals surface area contributed by atoms with Crippen molar-refractivity contribution in [1.82, 2.24) is 20.5 Å². The zero-order valence-electron chi connectivity index (χ0n) is 9.58. The normalized spacial score (nSPS) is 10.9. The maximum Gasteiger partial charge on any atom is 0.0897 e. The number of aromatic amines is 1. The van der Waals surface area contributed by atoms with Crippen LogP contribution in [0.2, 0.25) is 0 Å². The third-order valence-electron chi connectivity index (χ3n) is 2.47. The van der Waals surface area contributed by atoms with Gasteiger partial charge in [0, 0.05) is 36.1 Å². The Bertz CT molecular complexity index is 446. The van der Waals surface area contributed by atoms with Crippen LogP contribution < -0.4 is 5.32 Å². The summed E-state index contributed by atoms with van der Waals surface area (Å²) in [7, 11) is 0. The second kappa shape index (κ2) is 5.23. The van der Waals surface area contributed by atoms with Crippen molar-refractivity contribution in [1.29, 1.82) is 0 Å². The fourth-order valence-corrected chi connectivity index (χ4v) is 2.16. The first-order valence-corrected chi connectivity index (χ1v) is 6.24. The molecular formula is C11H16N4S. The van der Waals surface area contributed by atoms with E-state index < -0.39 is 0 Å². The van der Waals surface area contributed by atoms with E-state index in [0.717, 1.165) is 30.2 Å². The molecule has 0 fully saturated rings. The Labute approximate surface area is 99.1 Å². The maximum atomic E-state index is 4.42. The quantitative estimate of drug-likeness (QED) is 0.779. The number of thiazole rings is 1. The number of H-pyrrole nitrogens is 1. The van der Waals surface area contributed by atoms with Crippen LogP contribution in [0.1, 0.15) is 22.0 Å². The second-order valence-corrected chi connectivity index (χ2v) is 4.87. The summed E-state index contributed by atoms with van der Waals surface area (Å²) < 4.78 is 0. The SMILES string of the molecule is Cc1nc(CCNCc2cn[nH]c2C)cs1. The number of hydrogen-bond donors (Lipinski definition) is 2. The molecule has 0 aliphatic rings. The zero-order chi connectivity index (χ0) is 11.4. The molecule has 2 aromatic rings. The first-order chi connectivity index (χ1) is 7.75. The van der Waals surface area contributed by atoms with E-state index in [1.807, 2.05) is 20.0 Å². The molecule has 0 aliphatic heterocycles. The van der Waals surface area contributed by atoms with E-state index >= 15 is 0 Å². The predicted molar refractivity (Wildman–Crippen MR) is 65.6 cm³/mol. The van der Waals surface area contributed by atoms with Crippen molar-refractivity contribution in [3.8, 4) is 0 Å². The Morgan fingerprint density at radius 2 is 2.31 bits per heavy atom. The van der Waals surface area contributed by atoms with Gasteiger partial charge in [-0.1, -0.05) is 0 Å². The summed E-state index contributed by atoms with van der Waals surface area (Å²) in [5.74, 6) is 0. The molecule has 0 saturated carbocycles. The van der Waals surface area contributed by atoms with Crippen molar-refractivity contribution >= 4 is 11.3 Å². The Balaban J connectivity index is 1.71. The van der Waals surface area contributed by atoms with Gasteiger partial charge in [0.05, 0.1) is 16.9 Å². The van der Waals surface area contributed by atoms with Gasteiger partial charge in [-0.25, -0.2) is 4.98 Å². The smallest absolute Gasteiger partial charge is 0.0897 e. The van der Waals surface area contributed by atoms with E-state index in [1.165, 1.54) is 11.3 Å². The summed E-state index contributed by atoms with van der Waals surface area (Å²) >= 11 is 1.71. The highest BCUT2D eigenvalue weighted by molar-refractivity contribution is 7.09. The van der Waals surface area contributed by atoms with E-state index in [9.17, 15) is 0 Å². The lowest BCUT2D eigenvalue weighted by atomic mass is 10.2. The first-order valence-electron chi connectivity index (χ1n) is 5.36. The summed E-state index contributed by atoms with van der Waals surface area (Å²) in [5, 5.41) is 13.6. The molecule has 5 heteroatoms. The van der Waals surface area contributed by atoms with Gasteiger partial charge in [0.15, 0.2) is 0 Å². The van der Waals surface area contributed by atoms with Crippen LogP contribution in [0.15, 0.2) is 11.6 Å². The predicted octanol–water partition coefficient (Wildman–Crippen LogP) is 1.82. The van der Waals surface area contributed by atoms with Gasteiger partial charge in [-0.2, -0.15) is 5.10 Å². The molecule has 0 bridgehead atoms. The molecule has 2 N–H and O–H groups in total. The fraction of sp³-hybridized carbons (Fsp3) is 0.455. The highest BCUT2D eigenvalue weighted by Crippen LogP contribution is 2.08. The monoisotopic (exact) mass is 236 g/mol. The average molecular weight is 236 g/mol. The largest absolute Gasteiger partial charge is 0.312 e. The van der Waals surface area contributed by atoms with Crippen molar-refractivity contribution < 1.29 is 0 Å².